The molecular weight excluding hydrogens is 300 g/mol. The molecule has 3 rings (SSSR count). The number of rotatable bonds is 8. The molecule has 2 bridgehead atoms. The van der Waals surface area contributed by atoms with E-state index in [1.54, 1.807) is 24.0 Å². The van der Waals surface area contributed by atoms with Crippen molar-refractivity contribution in [2.45, 2.75) is 23.6 Å². The summed E-state index contributed by atoms with van der Waals surface area (Å²) in [7, 11) is 6.26. The van der Waals surface area contributed by atoms with E-state index in [4.69, 9.17) is 9.47 Å². The molecule has 0 N–H and O–H groups in total. The van der Waals surface area contributed by atoms with Crippen molar-refractivity contribution in [3.05, 3.63) is 0 Å². The molecule has 2 amide bonds. The summed E-state index contributed by atoms with van der Waals surface area (Å²) in [6, 6.07) is 0. The first-order valence-electron chi connectivity index (χ1n) is 6.61. The van der Waals surface area contributed by atoms with E-state index < -0.39 is 0 Å². The van der Waals surface area contributed by atoms with Crippen molar-refractivity contribution in [2.24, 2.45) is 0 Å². The van der Waals surface area contributed by atoms with Crippen LogP contribution in [0.1, 0.15) is 12.8 Å². The lowest BCUT2D eigenvalue weighted by Gasteiger charge is -2.48. The normalized spacial score (nSPS) is 25.7. The Bertz CT molecular complexity index is 335. The summed E-state index contributed by atoms with van der Waals surface area (Å²) in [5, 5.41) is -0.756. The molecule has 0 radical (unpaired) electrons. The van der Waals surface area contributed by atoms with E-state index >= 15 is 0 Å². The molecule has 0 spiro atoms. The Morgan fingerprint density at radius 2 is 1.30 bits per heavy atom. The fraction of sp³-hybridized carbons (Fsp3) is 0.833. The van der Waals surface area contributed by atoms with Gasteiger partial charge in [-0.3, -0.25) is 9.59 Å². The summed E-state index contributed by atoms with van der Waals surface area (Å²) in [5.41, 5.74) is 0. The lowest BCUT2D eigenvalue weighted by Crippen LogP contribution is -2.65. The predicted octanol–water partition coefficient (Wildman–Crippen LogP) is 0.777. The highest BCUT2D eigenvalue weighted by Gasteiger charge is 2.51. The number of ether oxygens (including phenoxy) is 2. The van der Waals surface area contributed by atoms with Gasteiger partial charge in [0.05, 0.1) is 0 Å². The third kappa shape index (κ3) is 3.24. The van der Waals surface area contributed by atoms with Crippen LogP contribution in [0, 0.1) is 0 Å². The number of amides is 2. The van der Waals surface area contributed by atoms with Gasteiger partial charge >= 0.3 is 0 Å². The third-order valence-corrected chi connectivity index (χ3v) is 6.10. The predicted molar refractivity (Wildman–Crippen MR) is 79.2 cm³/mol. The maximum atomic E-state index is 12.4. The number of piperazine rings is 1. The Morgan fingerprint density at radius 1 is 0.900 bits per heavy atom. The maximum absolute atomic E-state index is 12.4. The second-order valence-electron chi connectivity index (χ2n) is 4.65. The van der Waals surface area contributed by atoms with Crippen LogP contribution in [0.4, 0.5) is 0 Å². The van der Waals surface area contributed by atoms with Gasteiger partial charge in [0.15, 0.2) is 10.7 Å². The molecule has 3 aliphatic rings. The fourth-order valence-electron chi connectivity index (χ4n) is 2.29. The molecule has 0 saturated carbocycles. The van der Waals surface area contributed by atoms with Gasteiger partial charge in [0.25, 0.3) is 11.8 Å². The summed E-state index contributed by atoms with van der Waals surface area (Å²) < 4.78 is 10.0. The molecule has 3 fully saturated rings. The summed E-state index contributed by atoms with van der Waals surface area (Å²) in [4.78, 5) is 28.2. The second kappa shape index (κ2) is 7.53. The van der Waals surface area contributed by atoms with Crippen molar-refractivity contribution in [1.82, 2.24) is 9.80 Å². The fourth-order valence-corrected chi connectivity index (χ4v) is 5.31. The minimum absolute atomic E-state index is 0.0480. The van der Waals surface area contributed by atoms with E-state index in [0.717, 1.165) is 12.8 Å². The van der Waals surface area contributed by atoms with E-state index in [2.05, 4.69) is 0 Å². The van der Waals surface area contributed by atoms with Crippen LogP contribution in [0.5, 0.6) is 0 Å². The number of hydrogen-bond acceptors (Lipinski definition) is 6. The average Bonchev–Trinajstić information content (AvgIpc) is 2.45. The Labute approximate surface area is 126 Å². The van der Waals surface area contributed by atoms with Crippen molar-refractivity contribution in [3.63, 3.8) is 0 Å². The molecule has 0 aromatic rings. The van der Waals surface area contributed by atoms with E-state index in [9.17, 15) is 9.59 Å². The molecule has 114 valence electrons. The molecule has 3 heterocycles. The smallest absolute Gasteiger partial charge is 0.258 e. The molecule has 3 aliphatic heterocycles. The molecule has 8 heteroatoms. The molecule has 20 heavy (non-hydrogen) atoms. The SMILES string of the molecule is COCCCN1C(=O)C2SSC1C(=O)N2CCCOC. The zero-order valence-corrected chi connectivity index (χ0v) is 13.4. The highest BCUT2D eigenvalue weighted by molar-refractivity contribution is 8.77. The minimum Gasteiger partial charge on any atom is -0.385 e. The van der Waals surface area contributed by atoms with Crippen LogP contribution in [-0.2, 0) is 19.1 Å². The van der Waals surface area contributed by atoms with Crippen molar-refractivity contribution in [1.29, 1.82) is 0 Å². The van der Waals surface area contributed by atoms with E-state index in [1.165, 1.54) is 21.6 Å². The Hall–Kier alpha value is -0.440. The zero-order chi connectivity index (χ0) is 14.5. The molecule has 0 aromatic heterocycles. The Morgan fingerprint density at radius 3 is 1.65 bits per heavy atom. The number of nitrogens with zero attached hydrogens (tertiary/aromatic N) is 2. The van der Waals surface area contributed by atoms with Crippen LogP contribution in [0.15, 0.2) is 0 Å². The summed E-state index contributed by atoms with van der Waals surface area (Å²) in [5.74, 6) is 0.0961. The molecule has 3 saturated heterocycles. The van der Waals surface area contributed by atoms with E-state index in [0.29, 0.717) is 26.3 Å². The molecule has 0 aliphatic carbocycles. The van der Waals surface area contributed by atoms with Gasteiger partial charge in [0.1, 0.15) is 0 Å². The lowest BCUT2D eigenvalue weighted by atomic mass is 10.2. The third-order valence-electron chi connectivity index (χ3n) is 3.29. The first-order chi connectivity index (χ1) is 9.70. The lowest BCUT2D eigenvalue weighted by molar-refractivity contribution is -0.154. The highest BCUT2D eigenvalue weighted by atomic mass is 33.1. The van der Waals surface area contributed by atoms with Crippen LogP contribution in [0.2, 0.25) is 0 Å². The standard InChI is InChI=1S/C12H20N2O4S2/c1-17-7-3-5-13-9(15)12-14(6-4-8-18-2)10(16)11(13)19-20-12/h11-12H,3-8H2,1-2H3. The Balaban J connectivity index is 1.96. The molecule has 2 atom stereocenters. The monoisotopic (exact) mass is 320 g/mol. The van der Waals surface area contributed by atoms with E-state index in [1.807, 2.05) is 0 Å². The summed E-state index contributed by atoms with van der Waals surface area (Å²) in [6.45, 7) is 2.37. The summed E-state index contributed by atoms with van der Waals surface area (Å²) >= 11 is 0. The van der Waals surface area contributed by atoms with Crippen LogP contribution in [0.3, 0.4) is 0 Å². The van der Waals surface area contributed by atoms with Gasteiger partial charge in [0.2, 0.25) is 0 Å². The van der Waals surface area contributed by atoms with Crippen molar-refractivity contribution >= 4 is 33.4 Å². The van der Waals surface area contributed by atoms with Crippen molar-refractivity contribution in [2.75, 3.05) is 40.5 Å². The van der Waals surface area contributed by atoms with Crippen LogP contribution >= 0.6 is 21.6 Å². The zero-order valence-electron chi connectivity index (χ0n) is 11.7. The number of carbonyl (C=O) groups excluding carboxylic acids is 2. The number of fused-ring (bicyclic) bond motifs is 3. The topological polar surface area (TPSA) is 59.1 Å². The van der Waals surface area contributed by atoms with Gasteiger partial charge in [-0.25, -0.2) is 0 Å². The van der Waals surface area contributed by atoms with Crippen LogP contribution in [-0.4, -0.2) is 72.9 Å². The van der Waals surface area contributed by atoms with Crippen molar-refractivity contribution < 1.29 is 19.1 Å². The molecule has 0 aromatic carbocycles. The minimum atomic E-state index is -0.378. The quantitative estimate of drug-likeness (QED) is 0.486. The van der Waals surface area contributed by atoms with Gasteiger partial charge in [-0.1, -0.05) is 21.6 Å². The highest BCUT2D eigenvalue weighted by Crippen LogP contribution is 2.46. The van der Waals surface area contributed by atoms with Gasteiger partial charge in [-0.05, 0) is 12.8 Å². The molecule has 6 nitrogen and oxygen atoms in total. The largest absolute Gasteiger partial charge is 0.385 e. The first-order valence-corrected chi connectivity index (χ1v) is 8.89. The summed E-state index contributed by atoms with van der Waals surface area (Å²) in [6.07, 6.45) is 1.52. The van der Waals surface area contributed by atoms with Gasteiger partial charge < -0.3 is 19.3 Å². The van der Waals surface area contributed by atoms with Crippen LogP contribution in [0.25, 0.3) is 0 Å². The second-order valence-corrected chi connectivity index (χ2v) is 7.09. The van der Waals surface area contributed by atoms with E-state index in [-0.39, 0.29) is 22.6 Å². The van der Waals surface area contributed by atoms with Crippen LogP contribution < -0.4 is 0 Å². The molecular formula is C12H20N2O4S2. The Kier molecular flexibility index (Phi) is 6.01. The number of carbonyl (C=O) groups is 2. The van der Waals surface area contributed by atoms with Gasteiger partial charge in [-0.15, -0.1) is 0 Å². The number of methoxy groups -OCH3 is 2. The number of hydrogen-bond donors (Lipinski definition) is 0. The molecule has 2 unspecified atom stereocenters. The van der Waals surface area contributed by atoms with Gasteiger partial charge in [0, 0.05) is 40.5 Å². The maximum Gasteiger partial charge on any atom is 0.258 e. The first kappa shape index (κ1) is 15.9. The van der Waals surface area contributed by atoms with Gasteiger partial charge in [-0.2, -0.15) is 0 Å². The van der Waals surface area contributed by atoms with Crippen molar-refractivity contribution in [3.8, 4) is 0 Å². The average molecular weight is 320 g/mol.